The van der Waals surface area contributed by atoms with Crippen molar-refractivity contribution < 1.29 is 28.1 Å². The molecule has 0 radical (unpaired) electrons. The quantitative estimate of drug-likeness (QED) is 0.721. The van der Waals surface area contributed by atoms with Gasteiger partial charge in [-0.3, -0.25) is 4.99 Å². The third kappa shape index (κ3) is 4.02. The largest absolute Gasteiger partial charge is 0.396 e. The van der Waals surface area contributed by atoms with E-state index in [2.05, 4.69) is 10.3 Å². The van der Waals surface area contributed by atoms with Crippen molar-refractivity contribution in [3.8, 4) is 0 Å². The molecular formula is C12H19F3N2O3S. The van der Waals surface area contributed by atoms with Crippen molar-refractivity contribution in [3.63, 3.8) is 0 Å². The van der Waals surface area contributed by atoms with Gasteiger partial charge in [-0.2, -0.15) is 13.2 Å². The Morgan fingerprint density at radius 2 is 2.14 bits per heavy atom. The molecule has 0 saturated carbocycles. The number of hydrogen-bond donors (Lipinski definition) is 3. The van der Waals surface area contributed by atoms with Crippen LogP contribution in [0.3, 0.4) is 0 Å². The fourth-order valence-electron chi connectivity index (χ4n) is 2.50. The highest BCUT2D eigenvalue weighted by Crippen LogP contribution is 2.39. The lowest BCUT2D eigenvalue weighted by Gasteiger charge is -2.41. The summed E-state index contributed by atoms with van der Waals surface area (Å²) in [6.07, 6.45) is -7.52. The van der Waals surface area contributed by atoms with Crippen molar-refractivity contribution in [1.82, 2.24) is 5.32 Å². The highest BCUT2D eigenvalue weighted by Gasteiger charge is 2.51. The molecule has 21 heavy (non-hydrogen) atoms. The Hall–Kier alpha value is -0.510. The van der Waals surface area contributed by atoms with E-state index in [0.29, 0.717) is 11.7 Å². The number of thioether (sulfide) groups is 1. The summed E-state index contributed by atoms with van der Waals surface area (Å²) in [7, 11) is 0. The topological polar surface area (TPSA) is 74.1 Å². The number of hydrogen-bond acceptors (Lipinski definition) is 5. The minimum atomic E-state index is -4.42. The number of nitrogens with zero attached hydrogens (tertiary/aromatic N) is 1. The maximum atomic E-state index is 12.5. The zero-order valence-corrected chi connectivity index (χ0v) is 12.3. The molecular weight excluding hydrogens is 309 g/mol. The van der Waals surface area contributed by atoms with Gasteiger partial charge in [0, 0.05) is 12.5 Å². The smallest absolute Gasteiger partial charge is 0.391 e. The van der Waals surface area contributed by atoms with E-state index >= 15 is 0 Å². The van der Waals surface area contributed by atoms with Crippen LogP contribution in [0.5, 0.6) is 0 Å². The van der Waals surface area contributed by atoms with Gasteiger partial charge in [0.2, 0.25) is 0 Å². The van der Waals surface area contributed by atoms with Gasteiger partial charge < -0.3 is 20.3 Å². The lowest BCUT2D eigenvalue weighted by Crippen LogP contribution is -2.57. The zero-order chi connectivity index (χ0) is 15.6. The van der Waals surface area contributed by atoms with Gasteiger partial charge in [0.25, 0.3) is 0 Å². The summed E-state index contributed by atoms with van der Waals surface area (Å²) in [5, 5.41) is 23.0. The van der Waals surface area contributed by atoms with Crippen LogP contribution in [0.2, 0.25) is 0 Å². The summed E-state index contributed by atoms with van der Waals surface area (Å²) in [5.41, 5.74) is -0.575. The molecule has 5 atom stereocenters. The number of aliphatic hydroxyl groups excluding tert-OH is 2. The Labute approximate surface area is 125 Å². The Morgan fingerprint density at radius 3 is 2.71 bits per heavy atom. The molecule has 2 saturated heterocycles. The van der Waals surface area contributed by atoms with Crippen LogP contribution < -0.4 is 5.32 Å². The van der Waals surface area contributed by atoms with E-state index in [4.69, 9.17) is 4.74 Å². The fourth-order valence-corrected chi connectivity index (χ4v) is 3.71. The van der Waals surface area contributed by atoms with E-state index in [1.54, 1.807) is 0 Å². The number of aliphatic hydroxyl groups is 2. The predicted molar refractivity (Wildman–Crippen MR) is 73.0 cm³/mol. The van der Waals surface area contributed by atoms with Crippen LogP contribution in [0, 0.1) is 5.92 Å². The lowest BCUT2D eigenvalue weighted by atomic mass is 9.87. The molecule has 0 aromatic rings. The summed E-state index contributed by atoms with van der Waals surface area (Å²) in [6, 6.07) is -0.435. The van der Waals surface area contributed by atoms with E-state index in [1.807, 2.05) is 6.92 Å². The lowest BCUT2D eigenvalue weighted by molar-refractivity contribution is -0.204. The Morgan fingerprint density at radius 1 is 1.43 bits per heavy atom. The van der Waals surface area contributed by atoms with Gasteiger partial charge in [-0.1, -0.05) is 18.7 Å². The Kier molecular flexibility index (Phi) is 5.39. The van der Waals surface area contributed by atoms with E-state index < -0.39 is 48.8 Å². The molecule has 2 aliphatic rings. The average molecular weight is 328 g/mol. The molecule has 122 valence electrons. The van der Waals surface area contributed by atoms with Crippen molar-refractivity contribution in [1.29, 1.82) is 0 Å². The van der Waals surface area contributed by atoms with E-state index in [9.17, 15) is 23.4 Å². The predicted octanol–water partition coefficient (Wildman–Crippen LogP) is 1.10. The normalized spacial score (nSPS) is 38.4. The first kappa shape index (κ1) is 16.9. The first-order valence-electron chi connectivity index (χ1n) is 6.84. The second-order valence-electron chi connectivity index (χ2n) is 5.17. The Bertz CT molecular complexity index is 394. The van der Waals surface area contributed by atoms with E-state index in [0.717, 1.165) is 6.42 Å². The number of amidine groups is 1. The van der Waals surface area contributed by atoms with Gasteiger partial charge in [0.1, 0.15) is 5.44 Å². The summed E-state index contributed by atoms with van der Waals surface area (Å²) in [6.45, 7) is 2.16. The first-order valence-corrected chi connectivity index (χ1v) is 7.72. The molecule has 1 unspecified atom stereocenters. The molecule has 0 aliphatic carbocycles. The molecule has 2 rings (SSSR count). The number of rotatable bonds is 4. The fraction of sp³-hybridized carbons (Fsp3) is 0.917. The molecule has 5 nitrogen and oxygen atoms in total. The molecule has 3 N–H and O–H groups in total. The number of fused-ring (bicyclic) bond motifs is 1. The van der Waals surface area contributed by atoms with Gasteiger partial charge in [-0.05, 0) is 6.42 Å². The molecule has 0 aromatic carbocycles. The summed E-state index contributed by atoms with van der Waals surface area (Å²) < 4.78 is 43.0. The highest BCUT2D eigenvalue weighted by molar-refractivity contribution is 8.14. The standard InChI is InChI=1S/C12H19F3N2O3S/c1-2-3-16-11-17-8-6(5-18)9(19)7(4-12(13,14)15)20-10(8)21-11/h6-10,18-19H,2-5H2,1H3,(H,16,17)/t6?,7-,8-,9+,10-/m1/s1. The molecule has 0 amide bonds. The van der Waals surface area contributed by atoms with Gasteiger partial charge in [-0.15, -0.1) is 0 Å². The maximum absolute atomic E-state index is 12.5. The van der Waals surface area contributed by atoms with Crippen LogP contribution in [0.15, 0.2) is 4.99 Å². The first-order chi connectivity index (χ1) is 9.85. The molecule has 2 aliphatic heterocycles. The van der Waals surface area contributed by atoms with Crippen LogP contribution >= 0.6 is 11.8 Å². The van der Waals surface area contributed by atoms with Gasteiger partial charge in [0.15, 0.2) is 5.17 Å². The molecule has 0 aromatic heterocycles. The molecule has 2 heterocycles. The second-order valence-corrected chi connectivity index (χ2v) is 6.26. The molecule has 0 spiro atoms. The van der Waals surface area contributed by atoms with Crippen molar-refractivity contribution in [2.45, 2.75) is 49.6 Å². The molecule has 0 bridgehead atoms. The summed E-state index contributed by atoms with van der Waals surface area (Å²) >= 11 is 1.21. The number of ether oxygens (including phenoxy) is 1. The number of aliphatic imine (C=N–C) groups is 1. The van der Waals surface area contributed by atoms with E-state index in [-0.39, 0.29) is 0 Å². The van der Waals surface area contributed by atoms with Crippen LogP contribution in [0.1, 0.15) is 19.8 Å². The van der Waals surface area contributed by atoms with Crippen LogP contribution in [0.4, 0.5) is 13.2 Å². The van der Waals surface area contributed by atoms with Crippen molar-refractivity contribution in [2.75, 3.05) is 13.2 Å². The minimum absolute atomic E-state index is 0.408. The summed E-state index contributed by atoms with van der Waals surface area (Å²) in [5.74, 6) is -0.710. The van der Waals surface area contributed by atoms with Crippen molar-refractivity contribution in [3.05, 3.63) is 0 Å². The minimum Gasteiger partial charge on any atom is -0.396 e. The highest BCUT2D eigenvalue weighted by atomic mass is 32.2. The zero-order valence-electron chi connectivity index (χ0n) is 11.5. The third-order valence-electron chi connectivity index (χ3n) is 3.52. The molecule has 9 heteroatoms. The Balaban J connectivity index is 2.10. The average Bonchev–Trinajstić information content (AvgIpc) is 2.78. The van der Waals surface area contributed by atoms with Gasteiger partial charge >= 0.3 is 6.18 Å². The van der Waals surface area contributed by atoms with Crippen LogP contribution in [0.25, 0.3) is 0 Å². The number of halogens is 3. The maximum Gasteiger partial charge on any atom is 0.391 e. The van der Waals surface area contributed by atoms with E-state index in [1.165, 1.54) is 11.8 Å². The van der Waals surface area contributed by atoms with Crippen LogP contribution in [-0.2, 0) is 4.74 Å². The van der Waals surface area contributed by atoms with Gasteiger partial charge in [0.05, 0.1) is 31.3 Å². The summed E-state index contributed by atoms with van der Waals surface area (Å²) in [4.78, 5) is 4.26. The van der Waals surface area contributed by atoms with Crippen LogP contribution in [-0.4, -0.2) is 58.4 Å². The monoisotopic (exact) mass is 328 g/mol. The number of nitrogens with one attached hydrogen (secondary N) is 1. The molecule has 2 fully saturated rings. The SMILES string of the molecule is CCCN=C1N[C@@H]2C(CO)[C@H](O)[C@@H](CC(F)(F)F)O[C@@H]2S1. The second kappa shape index (κ2) is 6.72. The van der Waals surface area contributed by atoms with Gasteiger partial charge in [-0.25, -0.2) is 0 Å². The van der Waals surface area contributed by atoms with Crippen molar-refractivity contribution in [2.24, 2.45) is 10.9 Å². The third-order valence-corrected chi connectivity index (χ3v) is 4.63. The van der Waals surface area contributed by atoms with Crippen molar-refractivity contribution >= 4 is 16.9 Å². The number of alkyl halides is 3.